The van der Waals surface area contributed by atoms with E-state index in [2.05, 4.69) is 21.2 Å². The Morgan fingerprint density at radius 2 is 1.66 bits per heavy atom. The maximum absolute atomic E-state index is 14.1. The van der Waals surface area contributed by atoms with Crippen LogP contribution in [0.15, 0.2) is 76.1 Å². The van der Waals surface area contributed by atoms with Crippen molar-refractivity contribution in [3.05, 3.63) is 82.6 Å². The lowest BCUT2D eigenvalue weighted by atomic mass is 9.95. The Hall–Kier alpha value is -3.64. The molecule has 0 spiro atoms. The molecule has 1 N–H and O–H groups in total. The Labute approximate surface area is 266 Å². The van der Waals surface area contributed by atoms with Crippen molar-refractivity contribution in [1.29, 1.82) is 0 Å². The first kappa shape index (κ1) is 33.3. The quantitative estimate of drug-likeness (QED) is 0.263. The molecule has 0 heterocycles. The highest BCUT2D eigenvalue weighted by atomic mass is 79.9. The first-order valence-electron chi connectivity index (χ1n) is 14.4. The summed E-state index contributed by atoms with van der Waals surface area (Å²) in [4.78, 5) is 28.8. The average Bonchev–Trinajstić information content (AvgIpc) is 3.02. The molecule has 2 amide bonds. The highest BCUT2D eigenvalue weighted by Crippen LogP contribution is 2.32. The van der Waals surface area contributed by atoms with Crippen LogP contribution in [0, 0.1) is 5.82 Å². The third kappa shape index (κ3) is 8.09. The SMILES string of the molecule is COc1ccc(S(=O)(=O)N(CC(=O)N(Cc2cccc(Br)c2)[C@@H](C)C(=O)NC2CCCCC2)c2ccc(F)cc2)cc1OC. The molecule has 44 heavy (non-hydrogen) atoms. The van der Waals surface area contributed by atoms with E-state index in [0.29, 0.717) is 5.75 Å². The number of carbonyl (C=O) groups is 2. The molecular weight excluding hydrogens is 653 g/mol. The maximum atomic E-state index is 14.1. The van der Waals surface area contributed by atoms with Crippen LogP contribution in [0.4, 0.5) is 10.1 Å². The molecule has 1 saturated carbocycles. The number of nitrogens with zero attached hydrogens (tertiary/aromatic N) is 2. The molecule has 0 unspecified atom stereocenters. The van der Waals surface area contributed by atoms with E-state index >= 15 is 0 Å². The number of rotatable bonds is 12. The fourth-order valence-corrected chi connectivity index (χ4v) is 7.10. The van der Waals surface area contributed by atoms with E-state index in [1.165, 1.54) is 49.5 Å². The molecule has 9 nitrogen and oxygen atoms in total. The van der Waals surface area contributed by atoms with Gasteiger partial charge >= 0.3 is 0 Å². The van der Waals surface area contributed by atoms with Crippen LogP contribution in [-0.4, -0.2) is 58.0 Å². The molecule has 4 rings (SSSR count). The molecule has 3 aromatic carbocycles. The lowest BCUT2D eigenvalue weighted by Gasteiger charge is -2.33. The fraction of sp³-hybridized carbons (Fsp3) is 0.375. The van der Waals surface area contributed by atoms with Crippen LogP contribution in [0.2, 0.25) is 0 Å². The van der Waals surface area contributed by atoms with Crippen LogP contribution < -0.4 is 19.1 Å². The smallest absolute Gasteiger partial charge is 0.264 e. The minimum atomic E-state index is -4.38. The summed E-state index contributed by atoms with van der Waals surface area (Å²) in [5, 5.41) is 3.08. The van der Waals surface area contributed by atoms with Gasteiger partial charge < -0.3 is 19.7 Å². The number of nitrogens with one attached hydrogen (secondary N) is 1. The molecule has 0 aromatic heterocycles. The zero-order chi connectivity index (χ0) is 31.9. The van der Waals surface area contributed by atoms with Crippen molar-refractivity contribution in [1.82, 2.24) is 10.2 Å². The Morgan fingerprint density at radius 1 is 0.977 bits per heavy atom. The molecule has 1 fully saturated rings. The van der Waals surface area contributed by atoms with Gasteiger partial charge in [-0.2, -0.15) is 0 Å². The number of hydrogen-bond acceptors (Lipinski definition) is 6. The van der Waals surface area contributed by atoms with Gasteiger partial charge in [-0.05, 0) is 73.9 Å². The van der Waals surface area contributed by atoms with Gasteiger partial charge in [-0.1, -0.05) is 47.3 Å². The van der Waals surface area contributed by atoms with Crippen molar-refractivity contribution in [2.45, 2.75) is 62.6 Å². The number of anilines is 1. The summed E-state index contributed by atoms with van der Waals surface area (Å²) < 4.78 is 54.3. The Balaban J connectivity index is 1.70. The Bertz CT molecular complexity index is 1560. The summed E-state index contributed by atoms with van der Waals surface area (Å²) in [5.41, 5.74) is 0.831. The largest absolute Gasteiger partial charge is 0.493 e. The summed E-state index contributed by atoms with van der Waals surface area (Å²) in [7, 11) is -1.57. The second-order valence-electron chi connectivity index (χ2n) is 10.7. The first-order chi connectivity index (χ1) is 21.0. The van der Waals surface area contributed by atoms with Crippen molar-refractivity contribution in [2.75, 3.05) is 25.1 Å². The van der Waals surface area contributed by atoms with Crippen molar-refractivity contribution < 1.29 is 31.9 Å². The standard InChI is InChI=1S/C32H37BrFN3O6S/c1-22(32(39)35-26-10-5-4-6-11-26)36(20-23-8-7-9-24(33)18-23)31(38)21-37(27-14-12-25(34)13-15-27)44(40,41)28-16-17-29(42-2)30(19-28)43-3/h7-9,12-19,22,26H,4-6,10-11,20-21H2,1-3H3,(H,35,39)/t22-/m0/s1. The molecule has 1 aliphatic carbocycles. The van der Waals surface area contributed by atoms with Crippen LogP contribution in [-0.2, 0) is 26.2 Å². The summed E-state index contributed by atoms with van der Waals surface area (Å²) in [5.74, 6) is -0.967. The van der Waals surface area contributed by atoms with Crippen molar-refractivity contribution in [3.63, 3.8) is 0 Å². The van der Waals surface area contributed by atoms with E-state index < -0.39 is 34.3 Å². The predicted molar refractivity (Wildman–Crippen MR) is 170 cm³/mol. The van der Waals surface area contributed by atoms with Gasteiger partial charge in [-0.15, -0.1) is 0 Å². The van der Waals surface area contributed by atoms with Crippen LogP contribution in [0.25, 0.3) is 0 Å². The van der Waals surface area contributed by atoms with Crippen molar-refractivity contribution in [3.8, 4) is 11.5 Å². The minimum Gasteiger partial charge on any atom is -0.493 e. The normalized spacial score (nSPS) is 14.4. The van der Waals surface area contributed by atoms with Gasteiger partial charge in [0.05, 0.1) is 24.8 Å². The molecule has 0 aliphatic heterocycles. The van der Waals surface area contributed by atoms with Gasteiger partial charge in [0, 0.05) is 23.1 Å². The average molecular weight is 691 g/mol. The highest BCUT2D eigenvalue weighted by molar-refractivity contribution is 9.10. The lowest BCUT2D eigenvalue weighted by molar-refractivity contribution is -0.139. The van der Waals surface area contributed by atoms with E-state index in [4.69, 9.17) is 9.47 Å². The lowest BCUT2D eigenvalue weighted by Crippen LogP contribution is -2.53. The van der Waals surface area contributed by atoms with E-state index in [9.17, 15) is 22.4 Å². The van der Waals surface area contributed by atoms with E-state index in [-0.39, 0.29) is 34.8 Å². The van der Waals surface area contributed by atoms with Gasteiger partial charge in [0.25, 0.3) is 10.0 Å². The summed E-state index contributed by atoms with van der Waals surface area (Å²) in [6.07, 6.45) is 4.93. The monoisotopic (exact) mass is 689 g/mol. The van der Waals surface area contributed by atoms with Crippen LogP contribution >= 0.6 is 15.9 Å². The summed E-state index contributed by atoms with van der Waals surface area (Å²) in [6, 6.07) is 15.4. The van der Waals surface area contributed by atoms with E-state index in [0.717, 1.165) is 58.6 Å². The van der Waals surface area contributed by atoms with E-state index in [1.54, 1.807) is 6.92 Å². The highest BCUT2D eigenvalue weighted by Gasteiger charge is 2.33. The van der Waals surface area contributed by atoms with E-state index in [1.807, 2.05) is 24.3 Å². The van der Waals surface area contributed by atoms with Crippen LogP contribution in [0.5, 0.6) is 11.5 Å². The maximum Gasteiger partial charge on any atom is 0.264 e. The Morgan fingerprint density at radius 3 is 2.30 bits per heavy atom. The molecule has 236 valence electrons. The zero-order valence-corrected chi connectivity index (χ0v) is 27.4. The molecule has 12 heteroatoms. The van der Waals surface area contributed by atoms with Gasteiger partial charge in [-0.25, -0.2) is 12.8 Å². The molecule has 1 atom stereocenters. The van der Waals surface area contributed by atoms with Crippen LogP contribution in [0.3, 0.4) is 0 Å². The second-order valence-corrected chi connectivity index (χ2v) is 13.5. The molecule has 0 bridgehead atoms. The van der Waals surface area contributed by atoms with Gasteiger partial charge in [0.2, 0.25) is 11.8 Å². The predicted octanol–water partition coefficient (Wildman–Crippen LogP) is 5.67. The molecular formula is C32H37BrFN3O6S. The van der Waals surface area contributed by atoms with Gasteiger partial charge in [0.15, 0.2) is 11.5 Å². The zero-order valence-electron chi connectivity index (χ0n) is 25.0. The second kappa shape index (κ2) is 14.9. The summed E-state index contributed by atoms with van der Waals surface area (Å²) >= 11 is 3.45. The number of hydrogen-bond donors (Lipinski definition) is 1. The number of ether oxygens (including phenoxy) is 2. The number of methoxy groups -OCH3 is 2. The molecule has 3 aromatic rings. The number of amides is 2. The minimum absolute atomic E-state index is 0.0302. The third-order valence-corrected chi connectivity index (χ3v) is 9.96. The van der Waals surface area contributed by atoms with Gasteiger partial charge in [-0.3, -0.25) is 13.9 Å². The fourth-order valence-electron chi connectivity index (χ4n) is 5.22. The molecule has 0 radical (unpaired) electrons. The number of sulfonamides is 1. The van der Waals surface area contributed by atoms with Crippen LogP contribution in [0.1, 0.15) is 44.6 Å². The summed E-state index contributed by atoms with van der Waals surface area (Å²) in [6.45, 7) is 1.06. The van der Waals surface area contributed by atoms with Crippen molar-refractivity contribution in [2.24, 2.45) is 0 Å². The van der Waals surface area contributed by atoms with Crippen molar-refractivity contribution >= 4 is 43.5 Å². The number of benzene rings is 3. The number of halogens is 2. The topological polar surface area (TPSA) is 105 Å². The third-order valence-electron chi connectivity index (χ3n) is 7.70. The van der Waals surface area contributed by atoms with Gasteiger partial charge in [0.1, 0.15) is 18.4 Å². The number of carbonyl (C=O) groups excluding carboxylic acids is 2. The molecule has 1 aliphatic rings. The first-order valence-corrected chi connectivity index (χ1v) is 16.6. The molecule has 0 saturated heterocycles. The Kier molecular flexibility index (Phi) is 11.3.